The first kappa shape index (κ1) is 26.2. The van der Waals surface area contributed by atoms with Crippen LogP contribution >= 0.6 is 0 Å². The molecule has 38 heavy (non-hydrogen) atoms. The van der Waals surface area contributed by atoms with E-state index in [1.54, 1.807) is 0 Å². The first-order valence-electron chi connectivity index (χ1n) is 14.4. The quantitative estimate of drug-likeness (QED) is 0.204. The highest BCUT2D eigenvalue weighted by Gasteiger charge is 2.21. The molecule has 0 fully saturated rings. The zero-order valence-corrected chi connectivity index (χ0v) is 24.4. The lowest BCUT2D eigenvalue weighted by molar-refractivity contribution is 0.838. The molecule has 5 aromatic carbocycles. The van der Waals surface area contributed by atoms with Gasteiger partial charge in [-0.25, -0.2) is 0 Å². The first-order chi connectivity index (χ1) is 18.2. The number of benzene rings is 5. The van der Waals surface area contributed by atoms with Crippen molar-refractivity contribution >= 4 is 21.5 Å². The molecule has 0 aliphatic rings. The van der Waals surface area contributed by atoms with E-state index in [1.165, 1.54) is 66.1 Å². The molecule has 0 aliphatic carbocycles. The van der Waals surface area contributed by atoms with Crippen molar-refractivity contribution in [2.24, 2.45) is 0 Å². The molecule has 0 bridgehead atoms. The van der Waals surface area contributed by atoms with Crippen molar-refractivity contribution in [2.75, 3.05) is 0 Å². The standard InChI is InChI=1S/C38H42/c1-23(2)30-15-11-16-31(24(3)4)36(30)29-20-19-28-21-27-13-9-10-14-34(27)38(35(28)22-29)37-32(25(5)6)17-12-18-33(37)26(7)8/h9-26H,1-8H3. The molecule has 0 radical (unpaired) electrons. The van der Waals surface area contributed by atoms with Crippen molar-refractivity contribution < 1.29 is 0 Å². The molecule has 0 nitrogen and oxygen atoms in total. The second-order valence-electron chi connectivity index (χ2n) is 12.2. The SMILES string of the molecule is CC(C)c1cccc(C(C)C)c1-c1ccc2cc3ccccc3c(-c3c(C(C)C)cccc3C(C)C)c2c1. The monoisotopic (exact) mass is 498 g/mol. The van der Waals surface area contributed by atoms with Crippen LogP contribution in [-0.2, 0) is 0 Å². The van der Waals surface area contributed by atoms with E-state index >= 15 is 0 Å². The number of fused-ring (bicyclic) bond motifs is 2. The Morgan fingerprint density at radius 2 is 0.842 bits per heavy atom. The largest absolute Gasteiger partial charge is 0.0617 e. The van der Waals surface area contributed by atoms with Gasteiger partial charge in [0.2, 0.25) is 0 Å². The summed E-state index contributed by atoms with van der Waals surface area (Å²) in [5.41, 5.74) is 11.3. The Hall–Kier alpha value is -3.38. The zero-order chi connectivity index (χ0) is 27.1. The average molecular weight is 499 g/mol. The number of rotatable bonds is 6. The summed E-state index contributed by atoms with van der Waals surface area (Å²) in [7, 11) is 0. The lowest BCUT2D eigenvalue weighted by atomic mass is 9.80. The van der Waals surface area contributed by atoms with Gasteiger partial charge in [0, 0.05) is 0 Å². The predicted molar refractivity (Wildman–Crippen MR) is 169 cm³/mol. The third kappa shape index (κ3) is 4.55. The van der Waals surface area contributed by atoms with Crippen molar-refractivity contribution in [2.45, 2.75) is 79.1 Å². The van der Waals surface area contributed by atoms with Gasteiger partial charge in [-0.05, 0) is 102 Å². The minimum Gasteiger partial charge on any atom is -0.0617 e. The van der Waals surface area contributed by atoms with Crippen molar-refractivity contribution in [1.82, 2.24) is 0 Å². The van der Waals surface area contributed by atoms with Crippen LogP contribution in [0.1, 0.15) is 101 Å². The van der Waals surface area contributed by atoms with Gasteiger partial charge < -0.3 is 0 Å². The second kappa shape index (κ2) is 10.4. The van der Waals surface area contributed by atoms with E-state index in [0.29, 0.717) is 23.7 Å². The average Bonchev–Trinajstić information content (AvgIpc) is 2.90. The van der Waals surface area contributed by atoms with Crippen LogP contribution in [0, 0.1) is 0 Å². The van der Waals surface area contributed by atoms with Gasteiger partial charge in [0.25, 0.3) is 0 Å². The summed E-state index contributed by atoms with van der Waals surface area (Å²) < 4.78 is 0. The molecule has 0 heterocycles. The van der Waals surface area contributed by atoms with Gasteiger partial charge in [0.05, 0.1) is 0 Å². The van der Waals surface area contributed by atoms with Gasteiger partial charge in [0.1, 0.15) is 0 Å². The molecule has 5 rings (SSSR count). The summed E-state index contributed by atoms with van der Waals surface area (Å²) in [5, 5.41) is 5.31. The summed E-state index contributed by atoms with van der Waals surface area (Å²) in [6.07, 6.45) is 0. The smallest absolute Gasteiger partial charge is 0.00209 e. The third-order valence-corrected chi connectivity index (χ3v) is 8.15. The predicted octanol–water partition coefficient (Wildman–Crippen LogP) is 11.8. The zero-order valence-electron chi connectivity index (χ0n) is 24.4. The Kier molecular flexibility index (Phi) is 7.19. The van der Waals surface area contributed by atoms with Crippen LogP contribution in [0.4, 0.5) is 0 Å². The van der Waals surface area contributed by atoms with E-state index in [4.69, 9.17) is 0 Å². The van der Waals surface area contributed by atoms with Gasteiger partial charge >= 0.3 is 0 Å². The summed E-state index contributed by atoms with van der Waals surface area (Å²) in [5.74, 6) is 1.81. The maximum absolute atomic E-state index is 2.49. The highest BCUT2D eigenvalue weighted by Crippen LogP contribution is 2.45. The van der Waals surface area contributed by atoms with Gasteiger partial charge in [-0.1, -0.05) is 128 Å². The Morgan fingerprint density at radius 1 is 0.368 bits per heavy atom. The van der Waals surface area contributed by atoms with Crippen molar-refractivity contribution in [1.29, 1.82) is 0 Å². The van der Waals surface area contributed by atoms with Gasteiger partial charge in [0.15, 0.2) is 0 Å². The van der Waals surface area contributed by atoms with Crippen LogP contribution < -0.4 is 0 Å². The van der Waals surface area contributed by atoms with Crippen LogP contribution in [0.3, 0.4) is 0 Å². The normalized spacial score (nSPS) is 12.1. The molecule has 0 aromatic heterocycles. The van der Waals surface area contributed by atoms with E-state index in [1.807, 2.05) is 0 Å². The van der Waals surface area contributed by atoms with E-state index < -0.39 is 0 Å². The Morgan fingerprint density at radius 3 is 1.37 bits per heavy atom. The van der Waals surface area contributed by atoms with Crippen molar-refractivity contribution in [3.05, 3.63) is 107 Å². The molecule has 0 unspecified atom stereocenters. The van der Waals surface area contributed by atoms with E-state index in [-0.39, 0.29) is 0 Å². The molecule has 5 aromatic rings. The molecule has 0 N–H and O–H groups in total. The van der Waals surface area contributed by atoms with Gasteiger partial charge in [-0.2, -0.15) is 0 Å². The molecule has 0 heteroatoms. The number of hydrogen-bond acceptors (Lipinski definition) is 0. The summed E-state index contributed by atoms with van der Waals surface area (Å²) >= 11 is 0. The molecule has 0 aliphatic heterocycles. The fourth-order valence-corrected chi connectivity index (χ4v) is 6.21. The number of hydrogen-bond donors (Lipinski definition) is 0. The Labute approximate surface area is 229 Å². The molecular formula is C38H42. The lowest BCUT2D eigenvalue weighted by Crippen LogP contribution is -2.02. The van der Waals surface area contributed by atoms with Crippen LogP contribution in [0.15, 0.2) is 84.9 Å². The maximum Gasteiger partial charge on any atom is -0.00209 e. The van der Waals surface area contributed by atoms with Crippen molar-refractivity contribution in [3.8, 4) is 22.3 Å². The van der Waals surface area contributed by atoms with Crippen LogP contribution in [0.25, 0.3) is 43.8 Å². The second-order valence-corrected chi connectivity index (χ2v) is 12.2. The third-order valence-electron chi connectivity index (χ3n) is 8.15. The van der Waals surface area contributed by atoms with E-state index in [9.17, 15) is 0 Å². The minimum absolute atomic E-state index is 0.440. The first-order valence-corrected chi connectivity index (χ1v) is 14.4. The fraction of sp³-hybridized carbons (Fsp3) is 0.316. The highest BCUT2D eigenvalue weighted by molar-refractivity contribution is 6.14. The molecule has 0 spiro atoms. The van der Waals surface area contributed by atoms with Crippen LogP contribution in [-0.4, -0.2) is 0 Å². The van der Waals surface area contributed by atoms with E-state index in [2.05, 4.69) is 140 Å². The summed E-state index contributed by atoms with van der Waals surface area (Å²) in [6.45, 7) is 18.6. The Balaban J connectivity index is 1.96. The van der Waals surface area contributed by atoms with Gasteiger partial charge in [-0.15, -0.1) is 0 Å². The minimum atomic E-state index is 0.440. The van der Waals surface area contributed by atoms with Crippen LogP contribution in [0.2, 0.25) is 0 Å². The van der Waals surface area contributed by atoms with Crippen LogP contribution in [0.5, 0.6) is 0 Å². The highest BCUT2D eigenvalue weighted by atomic mass is 14.3. The molecular weight excluding hydrogens is 456 g/mol. The van der Waals surface area contributed by atoms with Crippen molar-refractivity contribution in [3.63, 3.8) is 0 Å². The molecule has 0 atom stereocenters. The van der Waals surface area contributed by atoms with Gasteiger partial charge in [-0.3, -0.25) is 0 Å². The maximum atomic E-state index is 2.49. The molecule has 0 saturated heterocycles. The fourth-order valence-electron chi connectivity index (χ4n) is 6.21. The lowest BCUT2D eigenvalue weighted by Gasteiger charge is -2.24. The molecule has 0 saturated carbocycles. The summed E-state index contributed by atoms with van der Waals surface area (Å²) in [6, 6.07) is 32.3. The molecule has 0 amide bonds. The molecule has 194 valence electrons. The van der Waals surface area contributed by atoms with E-state index in [0.717, 1.165) is 0 Å². The topological polar surface area (TPSA) is 0 Å². The summed E-state index contributed by atoms with van der Waals surface area (Å²) in [4.78, 5) is 0. The Bertz CT molecular complexity index is 1560.